The largest absolute Gasteiger partial charge is 0.416 e. The molecule has 1 aromatic carbocycles. The molecule has 0 atom stereocenters. The van der Waals surface area contributed by atoms with Crippen molar-refractivity contribution in [3.05, 3.63) is 42.1 Å². The van der Waals surface area contributed by atoms with Gasteiger partial charge in [0.05, 0.1) is 29.2 Å². The SMILES string of the molecule is O=C(CNS(=O)(=O)c1cccc(C(F)(F)F)c1)Nc1ccnn1C1CCCC1. The number of nitrogens with one attached hydrogen (secondary N) is 2. The molecule has 2 aromatic rings. The molecule has 0 bridgehead atoms. The Balaban J connectivity index is 1.64. The fraction of sp³-hybridized carbons (Fsp3) is 0.412. The minimum Gasteiger partial charge on any atom is -0.310 e. The summed E-state index contributed by atoms with van der Waals surface area (Å²) in [7, 11) is -4.28. The first-order valence-corrected chi connectivity index (χ1v) is 10.2. The second kappa shape index (κ2) is 7.92. The number of benzene rings is 1. The minimum atomic E-state index is -4.67. The Labute approximate surface area is 160 Å². The zero-order chi connectivity index (χ0) is 20.4. The van der Waals surface area contributed by atoms with Gasteiger partial charge in [-0.1, -0.05) is 18.9 Å². The van der Waals surface area contributed by atoms with Crippen molar-refractivity contribution in [2.75, 3.05) is 11.9 Å². The highest BCUT2D eigenvalue weighted by Gasteiger charge is 2.31. The molecular formula is C17H19F3N4O3S. The number of hydrogen-bond acceptors (Lipinski definition) is 4. The quantitative estimate of drug-likeness (QED) is 0.757. The van der Waals surface area contributed by atoms with Crippen molar-refractivity contribution in [3.8, 4) is 0 Å². The molecule has 1 saturated carbocycles. The van der Waals surface area contributed by atoms with E-state index in [0.29, 0.717) is 11.9 Å². The zero-order valence-corrected chi connectivity index (χ0v) is 15.6. The second-order valence-electron chi connectivity index (χ2n) is 6.50. The van der Waals surface area contributed by atoms with E-state index in [9.17, 15) is 26.4 Å². The summed E-state index contributed by atoms with van der Waals surface area (Å²) in [4.78, 5) is 11.6. The predicted octanol–water partition coefficient (Wildman–Crippen LogP) is 2.93. The molecule has 0 spiro atoms. The number of halogens is 3. The maximum absolute atomic E-state index is 12.8. The molecule has 1 fully saturated rings. The van der Waals surface area contributed by atoms with Crippen molar-refractivity contribution in [1.29, 1.82) is 0 Å². The first-order chi connectivity index (χ1) is 13.2. The van der Waals surface area contributed by atoms with Crippen molar-refractivity contribution in [1.82, 2.24) is 14.5 Å². The van der Waals surface area contributed by atoms with Gasteiger partial charge in [-0.3, -0.25) is 4.79 Å². The molecule has 28 heavy (non-hydrogen) atoms. The van der Waals surface area contributed by atoms with Crippen LogP contribution in [0.2, 0.25) is 0 Å². The average Bonchev–Trinajstić information content (AvgIpc) is 3.31. The molecule has 1 amide bonds. The van der Waals surface area contributed by atoms with Gasteiger partial charge >= 0.3 is 6.18 Å². The molecule has 0 unspecified atom stereocenters. The van der Waals surface area contributed by atoms with Crippen molar-refractivity contribution in [3.63, 3.8) is 0 Å². The summed E-state index contributed by atoms with van der Waals surface area (Å²) in [6.07, 6.45) is 0.936. The molecule has 0 radical (unpaired) electrons. The maximum atomic E-state index is 12.8. The van der Waals surface area contributed by atoms with Gasteiger partial charge in [0.25, 0.3) is 0 Å². The van der Waals surface area contributed by atoms with Gasteiger partial charge < -0.3 is 5.32 Å². The minimum absolute atomic E-state index is 0.187. The van der Waals surface area contributed by atoms with E-state index in [1.54, 1.807) is 16.9 Å². The molecule has 1 heterocycles. The maximum Gasteiger partial charge on any atom is 0.416 e. The van der Waals surface area contributed by atoms with Crippen LogP contribution >= 0.6 is 0 Å². The van der Waals surface area contributed by atoms with Crippen LogP contribution in [0.5, 0.6) is 0 Å². The zero-order valence-electron chi connectivity index (χ0n) is 14.7. The Morgan fingerprint density at radius 1 is 1.21 bits per heavy atom. The monoisotopic (exact) mass is 416 g/mol. The summed E-state index contributed by atoms with van der Waals surface area (Å²) in [6.45, 7) is -0.617. The summed E-state index contributed by atoms with van der Waals surface area (Å²) in [5, 5.41) is 6.78. The highest BCUT2D eigenvalue weighted by molar-refractivity contribution is 7.89. The van der Waals surface area contributed by atoms with E-state index in [2.05, 4.69) is 10.4 Å². The molecule has 152 valence electrons. The second-order valence-corrected chi connectivity index (χ2v) is 8.26. The van der Waals surface area contributed by atoms with Crippen LogP contribution in [0.25, 0.3) is 0 Å². The lowest BCUT2D eigenvalue weighted by Crippen LogP contribution is -2.33. The molecule has 1 aromatic heterocycles. The lowest BCUT2D eigenvalue weighted by molar-refractivity contribution is -0.137. The van der Waals surface area contributed by atoms with E-state index in [4.69, 9.17) is 0 Å². The van der Waals surface area contributed by atoms with Crippen LogP contribution in [0.4, 0.5) is 19.0 Å². The van der Waals surface area contributed by atoms with Crippen LogP contribution in [-0.2, 0) is 21.0 Å². The number of anilines is 1. The predicted molar refractivity (Wildman–Crippen MR) is 95.0 cm³/mol. The third-order valence-electron chi connectivity index (χ3n) is 4.50. The third-order valence-corrected chi connectivity index (χ3v) is 5.90. The molecule has 7 nitrogen and oxygen atoms in total. The summed E-state index contributed by atoms with van der Waals surface area (Å²) in [5.41, 5.74) is -1.08. The number of sulfonamides is 1. The van der Waals surface area contributed by atoms with Crippen LogP contribution < -0.4 is 10.0 Å². The standard InChI is InChI=1S/C17H19F3N4O3S/c18-17(19,20)12-4-3-7-14(10-12)28(26,27)22-11-16(25)23-15-8-9-21-24(15)13-5-1-2-6-13/h3-4,7-10,13,22H,1-2,5-6,11H2,(H,23,25). The average molecular weight is 416 g/mol. The highest BCUT2D eigenvalue weighted by Crippen LogP contribution is 2.31. The Morgan fingerprint density at radius 2 is 1.93 bits per heavy atom. The summed E-state index contributed by atoms with van der Waals surface area (Å²) in [5.74, 6) is -0.189. The van der Waals surface area contributed by atoms with Crippen molar-refractivity contribution < 1.29 is 26.4 Å². The van der Waals surface area contributed by atoms with Crippen molar-refractivity contribution in [2.45, 2.75) is 42.8 Å². The van der Waals surface area contributed by atoms with Crippen LogP contribution in [0.15, 0.2) is 41.4 Å². The number of aromatic nitrogens is 2. The molecule has 3 rings (SSSR count). The Hall–Kier alpha value is -2.40. The smallest absolute Gasteiger partial charge is 0.310 e. The van der Waals surface area contributed by atoms with Crippen LogP contribution in [0.3, 0.4) is 0 Å². The number of rotatable bonds is 6. The Kier molecular flexibility index (Phi) is 5.75. The number of nitrogens with zero attached hydrogens (tertiary/aromatic N) is 2. The van der Waals surface area contributed by atoms with E-state index in [1.165, 1.54) is 0 Å². The number of carbonyl (C=O) groups excluding carboxylic acids is 1. The lowest BCUT2D eigenvalue weighted by Gasteiger charge is -2.15. The molecule has 0 saturated heterocycles. The fourth-order valence-electron chi connectivity index (χ4n) is 3.12. The van der Waals surface area contributed by atoms with Gasteiger partial charge in [-0.2, -0.15) is 18.3 Å². The lowest BCUT2D eigenvalue weighted by atomic mass is 10.2. The summed E-state index contributed by atoms with van der Waals surface area (Å²) < 4.78 is 66.4. The van der Waals surface area contributed by atoms with Gasteiger partial charge in [0, 0.05) is 6.07 Å². The molecule has 0 aliphatic heterocycles. The topological polar surface area (TPSA) is 93.1 Å². The fourth-order valence-corrected chi connectivity index (χ4v) is 4.15. The Bertz CT molecular complexity index is 951. The van der Waals surface area contributed by atoms with E-state index in [-0.39, 0.29) is 6.04 Å². The van der Waals surface area contributed by atoms with Gasteiger partial charge in [-0.05, 0) is 31.0 Å². The number of amides is 1. The van der Waals surface area contributed by atoms with E-state index >= 15 is 0 Å². The third kappa shape index (κ3) is 4.71. The normalized spacial score (nSPS) is 15.7. The molecule has 1 aliphatic carbocycles. The van der Waals surface area contributed by atoms with Crippen molar-refractivity contribution in [2.24, 2.45) is 0 Å². The first-order valence-electron chi connectivity index (χ1n) is 8.67. The number of carbonyl (C=O) groups is 1. The summed E-state index contributed by atoms with van der Waals surface area (Å²) in [6, 6.07) is 5.12. The first kappa shape index (κ1) is 20.3. The van der Waals surface area contributed by atoms with Gasteiger partial charge in [0.1, 0.15) is 5.82 Å². The number of alkyl halides is 3. The van der Waals surface area contributed by atoms with Crippen LogP contribution in [0, 0.1) is 0 Å². The van der Waals surface area contributed by atoms with E-state index < -0.39 is 39.1 Å². The number of hydrogen-bond donors (Lipinski definition) is 2. The molecular weight excluding hydrogens is 397 g/mol. The van der Waals surface area contributed by atoms with E-state index in [0.717, 1.165) is 43.9 Å². The highest BCUT2D eigenvalue weighted by atomic mass is 32.2. The van der Waals surface area contributed by atoms with Crippen LogP contribution in [-0.4, -0.2) is 30.7 Å². The Morgan fingerprint density at radius 3 is 2.61 bits per heavy atom. The van der Waals surface area contributed by atoms with E-state index in [1.807, 2.05) is 4.72 Å². The van der Waals surface area contributed by atoms with Crippen LogP contribution in [0.1, 0.15) is 37.3 Å². The summed E-state index contributed by atoms with van der Waals surface area (Å²) >= 11 is 0. The molecule has 1 aliphatic rings. The van der Waals surface area contributed by atoms with Gasteiger partial charge in [0.2, 0.25) is 15.9 Å². The molecule has 11 heteroatoms. The van der Waals surface area contributed by atoms with Gasteiger partial charge in [-0.15, -0.1) is 0 Å². The van der Waals surface area contributed by atoms with Gasteiger partial charge in [0.15, 0.2) is 0 Å². The van der Waals surface area contributed by atoms with Crippen molar-refractivity contribution >= 4 is 21.7 Å². The molecule has 2 N–H and O–H groups in total. The van der Waals surface area contributed by atoms with Gasteiger partial charge in [-0.25, -0.2) is 17.8 Å².